The van der Waals surface area contributed by atoms with Crippen molar-refractivity contribution < 1.29 is 10.2 Å². The largest absolute Gasteiger partial charge is 0.508 e. The quantitative estimate of drug-likeness (QED) is 0.644. The zero-order valence-electron chi connectivity index (χ0n) is 9.54. The minimum absolute atomic E-state index is 0.173. The molecule has 0 aliphatic carbocycles. The van der Waals surface area contributed by atoms with E-state index in [0.717, 1.165) is 11.1 Å². The summed E-state index contributed by atoms with van der Waals surface area (Å²) in [4.78, 5) is 7.33. The molecule has 0 saturated heterocycles. The first-order chi connectivity index (χ1) is 8.74. The molecule has 0 spiro atoms. The lowest BCUT2D eigenvalue weighted by Crippen LogP contribution is -2.01. The lowest BCUT2D eigenvalue weighted by atomic mass is 10.1. The average Bonchev–Trinajstić information content (AvgIpc) is 2.81. The van der Waals surface area contributed by atoms with Crippen LogP contribution in [0.2, 0.25) is 0 Å². The molecule has 90 valence electrons. The first-order valence-corrected chi connectivity index (χ1v) is 5.66. The van der Waals surface area contributed by atoms with Crippen molar-refractivity contribution in [2.45, 2.75) is 6.10 Å². The van der Waals surface area contributed by atoms with Crippen molar-refractivity contribution in [3.05, 3.63) is 59.9 Å². The van der Waals surface area contributed by atoms with E-state index >= 15 is 0 Å². The predicted octanol–water partition coefficient (Wildman–Crippen LogP) is 2.35. The molecule has 18 heavy (non-hydrogen) atoms. The van der Waals surface area contributed by atoms with Crippen LogP contribution < -0.4 is 0 Å². The smallest absolute Gasteiger partial charge is 0.140 e. The van der Waals surface area contributed by atoms with Crippen molar-refractivity contribution in [3.63, 3.8) is 0 Å². The fourth-order valence-corrected chi connectivity index (χ4v) is 1.94. The lowest BCUT2D eigenvalue weighted by Gasteiger charge is -2.06. The van der Waals surface area contributed by atoms with Crippen molar-refractivity contribution in [1.82, 2.24) is 9.97 Å². The van der Waals surface area contributed by atoms with Gasteiger partial charge in [0, 0.05) is 6.07 Å². The highest BCUT2D eigenvalue weighted by Gasteiger charge is 2.14. The van der Waals surface area contributed by atoms with Crippen LogP contribution in [-0.4, -0.2) is 20.2 Å². The number of nitrogens with zero attached hydrogens (tertiary/aromatic N) is 1. The van der Waals surface area contributed by atoms with E-state index in [1.54, 1.807) is 18.2 Å². The molecule has 1 unspecified atom stereocenters. The summed E-state index contributed by atoms with van der Waals surface area (Å²) in [7, 11) is 0. The van der Waals surface area contributed by atoms with Gasteiger partial charge in [0.1, 0.15) is 17.7 Å². The third kappa shape index (κ3) is 1.83. The maximum Gasteiger partial charge on any atom is 0.140 e. The topological polar surface area (TPSA) is 69.1 Å². The van der Waals surface area contributed by atoms with Crippen molar-refractivity contribution in [2.75, 3.05) is 0 Å². The molecule has 3 rings (SSSR count). The summed E-state index contributed by atoms with van der Waals surface area (Å²) in [5.41, 5.74) is 2.21. The van der Waals surface area contributed by atoms with Gasteiger partial charge in [-0.2, -0.15) is 0 Å². The Morgan fingerprint density at radius 2 is 1.83 bits per heavy atom. The van der Waals surface area contributed by atoms with Crippen LogP contribution in [-0.2, 0) is 0 Å². The van der Waals surface area contributed by atoms with Crippen molar-refractivity contribution in [1.29, 1.82) is 0 Å². The first kappa shape index (κ1) is 10.8. The van der Waals surface area contributed by atoms with E-state index in [4.69, 9.17) is 0 Å². The van der Waals surface area contributed by atoms with Gasteiger partial charge in [0.15, 0.2) is 0 Å². The number of hydrogen-bond donors (Lipinski definition) is 3. The van der Waals surface area contributed by atoms with Crippen molar-refractivity contribution >= 4 is 11.0 Å². The van der Waals surface area contributed by atoms with Crippen LogP contribution in [0.15, 0.2) is 48.5 Å². The molecule has 0 bridgehead atoms. The fraction of sp³-hybridized carbons (Fsp3) is 0.0714. The second kappa shape index (κ2) is 4.16. The number of phenols is 1. The Labute approximate surface area is 104 Å². The number of benzene rings is 2. The van der Waals surface area contributed by atoms with Crippen LogP contribution in [0.3, 0.4) is 0 Å². The molecule has 0 fully saturated rings. The molecule has 3 aromatic rings. The van der Waals surface area contributed by atoms with E-state index in [9.17, 15) is 10.2 Å². The summed E-state index contributed by atoms with van der Waals surface area (Å²) in [6, 6.07) is 14.2. The molecule has 4 nitrogen and oxygen atoms in total. The van der Waals surface area contributed by atoms with Gasteiger partial charge >= 0.3 is 0 Å². The highest BCUT2D eigenvalue weighted by molar-refractivity contribution is 5.76. The average molecular weight is 240 g/mol. The Morgan fingerprint density at radius 3 is 2.61 bits per heavy atom. The minimum atomic E-state index is -0.791. The number of aromatic hydroxyl groups is 1. The summed E-state index contributed by atoms with van der Waals surface area (Å²) >= 11 is 0. The predicted molar refractivity (Wildman–Crippen MR) is 68.3 cm³/mol. The summed E-state index contributed by atoms with van der Waals surface area (Å²) in [5, 5.41) is 19.6. The van der Waals surface area contributed by atoms with Gasteiger partial charge in [-0.05, 0) is 17.7 Å². The minimum Gasteiger partial charge on any atom is -0.508 e. The standard InChI is InChI=1S/C14H12N2O2/c17-10-6-7-11-12(8-10)16-14(15-11)13(18)9-4-2-1-3-5-9/h1-8,13,17-18H,(H,15,16). The van der Waals surface area contributed by atoms with Crippen LogP contribution in [0.25, 0.3) is 11.0 Å². The van der Waals surface area contributed by atoms with E-state index in [1.807, 2.05) is 30.3 Å². The molecule has 4 heteroatoms. The summed E-state index contributed by atoms with van der Waals surface area (Å²) in [5.74, 6) is 0.647. The number of aliphatic hydroxyl groups excluding tert-OH is 1. The number of hydrogen-bond acceptors (Lipinski definition) is 3. The maximum absolute atomic E-state index is 10.2. The summed E-state index contributed by atoms with van der Waals surface area (Å²) < 4.78 is 0. The molecule has 1 atom stereocenters. The number of fused-ring (bicyclic) bond motifs is 1. The van der Waals surface area contributed by atoms with Gasteiger partial charge in [-0.1, -0.05) is 30.3 Å². The van der Waals surface area contributed by atoms with Crippen LogP contribution >= 0.6 is 0 Å². The molecule has 0 saturated carbocycles. The Bertz CT molecular complexity index is 677. The number of rotatable bonds is 2. The molecule has 2 aromatic carbocycles. The van der Waals surface area contributed by atoms with Crippen molar-refractivity contribution in [3.8, 4) is 5.75 Å². The van der Waals surface area contributed by atoms with Crippen LogP contribution in [0.4, 0.5) is 0 Å². The molecule has 3 N–H and O–H groups in total. The third-order valence-electron chi connectivity index (χ3n) is 2.86. The van der Waals surface area contributed by atoms with Crippen LogP contribution in [0.5, 0.6) is 5.75 Å². The van der Waals surface area contributed by atoms with E-state index in [0.29, 0.717) is 11.3 Å². The highest BCUT2D eigenvalue weighted by Crippen LogP contribution is 2.23. The number of H-pyrrole nitrogens is 1. The molecular formula is C14H12N2O2. The Kier molecular flexibility index (Phi) is 2.50. The van der Waals surface area contributed by atoms with E-state index in [1.165, 1.54) is 0 Å². The SMILES string of the molecule is Oc1ccc2nc(C(O)c3ccccc3)[nH]c2c1. The number of aliphatic hydroxyl groups is 1. The Balaban J connectivity index is 2.04. The van der Waals surface area contributed by atoms with Gasteiger partial charge in [-0.25, -0.2) is 4.98 Å². The molecular weight excluding hydrogens is 228 g/mol. The van der Waals surface area contributed by atoms with Gasteiger partial charge in [0.25, 0.3) is 0 Å². The van der Waals surface area contributed by atoms with E-state index in [-0.39, 0.29) is 5.75 Å². The maximum atomic E-state index is 10.2. The molecule has 1 heterocycles. The van der Waals surface area contributed by atoms with Crippen molar-refractivity contribution in [2.24, 2.45) is 0 Å². The number of imidazole rings is 1. The summed E-state index contributed by atoms with van der Waals surface area (Å²) in [6.07, 6.45) is -0.791. The second-order valence-electron chi connectivity index (χ2n) is 4.14. The van der Waals surface area contributed by atoms with E-state index in [2.05, 4.69) is 9.97 Å². The monoisotopic (exact) mass is 240 g/mol. The molecule has 0 amide bonds. The first-order valence-electron chi connectivity index (χ1n) is 5.66. The zero-order valence-corrected chi connectivity index (χ0v) is 9.54. The number of nitrogens with one attached hydrogen (secondary N) is 1. The zero-order chi connectivity index (χ0) is 12.5. The van der Waals surface area contributed by atoms with Gasteiger partial charge in [-0.3, -0.25) is 0 Å². The normalized spacial score (nSPS) is 12.7. The van der Waals surface area contributed by atoms with Crippen LogP contribution in [0.1, 0.15) is 17.5 Å². The Morgan fingerprint density at radius 1 is 1.06 bits per heavy atom. The number of aromatic amines is 1. The Hall–Kier alpha value is -2.33. The van der Waals surface area contributed by atoms with Gasteiger partial charge in [0.05, 0.1) is 11.0 Å². The van der Waals surface area contributed by atoms with Gasteiger partial charge in [-0.15, -0.1) is 0 Å². The van der Waals surface area contributed by atoms with Gasteiger partial charge in [0.2, 0.25) is 0 Å². The second-order valence-corrected chi connectivity index (χ2v) is 4.14. The third-order valence-corrected chi connectivity index (χ3v) is 2.86. The fourth-order valence-electron chi connectivity index (χ4n) is 1.94. The molecule has 0 radical (unpaired) electrons. The molecule has 1 aromatic heterocycles. The highest BCUT2D eigenvalue weighted by atomic mass is 16.3. The number of aromatic nitrogens is 2. The van der Waals surface area contributed by atoms with Gasteiger partial charge < -0.3 is 15.2 Å². The van der Waals surface area contributed by atoms with Crippen LogP contribution in [0, 0.1) is 0 Å². The number of phenolic OH excluding ortho intramolecular Hbond substituents is 1. The molecule has 0 aliphatic rings. The summed E-state index contributed by atoms with van der Waals surface area (Å²) in [6.45, 7) is 0. The van der Waals surface area contributed by atoms with E-state index < -0.39 is 6.10 Å². The lowest BCUT2D eigenvalue weighted by molar-refractivity contribution is 0.211. The molecule has 0 aliphatic heterocycles.